The van der Waals surface area contributed by atoms with Crippen LogP contribution in [-0.4, -0.2) is 42.4 Å². The van der Waals surface area contributed by atoms with E-state index in [-0.39, 0.29) is 12.7 Å². The molecule has 19 heavy (non-hydrogen) atoms. The Morgan fingerprint density at radius 3 is 2.95 bits per heavy atom. The second kappa shape index (κ2) is 6.93. The third-order valence-corrected chi connectivity index (χ3v) is 3.32. The van der Waals surface area contributed by atoms with Crippen LogP contribution in [0.2, 0.25) is 0 Å². The van der Waals surface area contributed by atoms with Crippen LogP contribution in [0.3, 0.4) is 0 Å². The number of benzene rings is 1. The van der Waals surface area contributed by atoms with Gasteiger partial charge in [-0.1, -0.05) is 6.07 Å². The van der Waals surface area contributed by atoms with Crippen LogP contribution in [0.5, 0.6) is 0 Å². The number of aliphatic hydroxyl groups excluding tert-OH is 1. The average Bonchev–Trinajstić information content (AvgIpc) is 2.40. The van der Waals surface area contributed by atoms with Gasteiger partial charge in [-0.2, -0.15) is 0 Å². The van der Waals surface area contributed by atoms with Crippen molar-refractivity contribution in [1.82, 2.24) is 4.90 Å². The van der Waals surface area contributed by atoms with Gasteiger partial charge in [0, 0.05) is 24.7 Å². The van der Waals surface area contributed by atoms with Crippen LogP contribution in [0.15, 0.2) is 18.2 Å². The van der Waals surface area contributed by atoms with Crippen LogP contribution >= 0.6 is 0 Å². The molecule has 0 radical (unpaired) electrons. The molecule has 0 bridgehead atoms. The summed E-state index contributed by atoms with van der Waals surface area (Å²) in [7, 11) is 0. The lowest BCUT2D eigenvalue weighted by atomic mass is 10.1. The van der Waals surface area contributed by atoms with E-state index in [2.05, 4.69) is 4.90 Å². The number of aliphatic hydroxyl groups is 1. The fraction of sp³-hybridized carbons (Fsp3) is 0.571. The highest BCUT2D eigenvalue weighted by Crippen LogP contribution is 2.18. The second-order valence-electron chi connectivity index (χ2n) is 4.83. The predicted molar refractivity (Wildman–Crippen MR) is 67.7 cm³/mol. The largest absolute Gasteiger partial charge is 0.394 e. The molecule has 1 fully saturated rings. The SMILES string of the molecule is OCCO[C@H]1CCCN(Cc2ccc(F)cc2F)C1. The highest BCUT2D eigenvalue weighted by Gasteiger charge is 2.21. The third-order valence-electron chi connectivity index (χ3n) is 3.32. The molecule has 1 aromatic carbocycles. The number of hydrogen-bond donors (Lipinski definition) is 1. The predicted octanol–water partition coefficient (Wildman–Crippen LogP) is 1.94. The third kappa shape index (κ3) is 4.23. The lowest BCUT2D eigenvalue weighted by Crippen LogP contribution is -2.39. The van der Waals surface area contributed by atoms with Gasteiger partial charge in [0.25, 0.3) is 0 Å². The Bertz CT molecular complexity index is 414. The first-order valence-electron chi connectivity index (χ1n) is 6.58. The summed E-state index contributed by atoms with van der Waals surface area (Å²) in [5.41, 5.74) is 0.504. The maximum Gasteiger partial charge on any atom is 0.130 e. The number of piperidine rings is 1. The summed E-state index contributed by atoms with van der Waals surface area (Å²) in [6.07, 6.45) is 2.03. The maximum atomic E-state index is 13.6. The molecular weight excluding hydrogens is 252 g/mol. The highest BCUT2D eigenvalue weighted by molar-refractivity contribution is 5.18. The Balaban J connectivity index is 1.91. The Morgan fingerprint density at radius 1 is 1.37 bits per heavy atom. The van der Waals surface area contributed by atoms with Gasteiger partial charge in [0.05, 0.1) is 19.3 Å². The molecule has 106 valence electrons. The van der Waals surface area contributed by atoms with Crippen molar-refractivity contribution < 1.29 is 18.6 Å². The molecule has 0 aliphatic carbocycles. The van der Waals surface area contributed by atoms with Crippen LogP contribution in [0, 0.1) is 11.6 Å². The topological polar surface area (TPSA) is 32.7 Å². The lowest BCUT2D eigenvalue weighted by Gasteiger charge is -2.32. The smallest absolute Gasteiger partial charge is 0.130 e. The Morgan fingerprint density at radius 2 is 2.21 bits per heavy atom. The zero-order valence-corrected chi connectivity index (χ0v) is 10.8. The number of halogens is 2. The molecule has 0 saturated carbocycles. The molecule has 5 heteroatoms. The molecule has 1 N–H and O–H groups in total. The number of nitrogens with zero attached hydrogens (tertiary/aromatic N) is 1. The monoisotopic (exact) mass is 271 g/mol. The van der Waals surface area contributed by atoms with Gasteiger partial charge in [0.2, 0.25) is 0 Å². The zero-order chi connectivity index (χ0) is 13.7. The van der Waals surface area contributed by atoms with Crippen LogP contribution in [0.25, 0.3) is 0 Å². The molecule has 1 saturated heterocycles. The van der Waals surface area contributed by atoms with E-state index in [1.165, 1.54) is 12.1 Å². The highest BCUT2D eigenvalue weighted by atomic mass is 19.1. The molecular formula is C14H19F2NO2. The van der Waals surface area contributed by atoms with Crippen molar-refractivity contribution in [3.05, 3.63) is 35.4 Å². The standard InChI is InChI=1S/C14H19F2NO2/c15-12-4-3-11(14(16)8-12)9-17-5-1-2-13(10-17)19-7-6-18/h3-4,8,13,18H,1-2,5-7,9-10H2/t13-/m0/s1. The van der Waals surface area contributed by atoms with Gasteiger partial charge in [0.15, 0.2) is 0 Å². The summed E-state index contributed by atoms with van der Waals surface area (Å²) in [6, 6.07) is 3.68. The lowest BCUT2D eigenvalue weighted by molar-refractivity contribution is -0.0165. The Kier molecular flexibility index (Phi) is 5.24. The van der Waals surface area contributed by atoms with Crippen molar-refractivity contribution in [2.75, 3.05) is 26.3 Å². The quantitative estimate of drug-likeness (QED) is 0.888. The molecule has 1 heterocycles. The zero-order valence-electron chi connectivity index (χ0n) is 10.8. The molecule has 1 atom stereocenters. The van der Waals surface area contributed by atoms with Crippen molar-refractivity contribution in [3.63, 3.8) is 0 Å². The molecule has 0 aromatic heterocycles. The molecule has 2 rings (SSSR count). The van der Waals surface area contributed by atoms with E-state index >= 15 is 0 Å². The van der Waals surface area contributed by atoms with Gasteiger partial charge < -0.3 is 9.84 Å². The maximum absolute atomic E-state index is 13.6. The number of rotatable bonds is 5. The minimum absolute atomic E-state index is 0.0170. The van der Waals surface area contributed by atoms with E-state index in [0.29, 0.717) is 18.7 Å². The first kappa shape index (κ1) is 14.4. The van der Waals surface area contributed by atoms with E-state index in [0.717, 1.165) is 32.0 Å². The molecule has 1 aromatic rings. The number of likely N-dealkylation sites (tertiary alicyclic amines) is 1. The Hall–Kier alpha value is -1.04. The molecule has 3 nitrogen and oxygen atoms in total. The normalized spacial score (nSPS) is 20.7. The molecule has 1 aliphatic heterocycles. The van der Waals surface area contributed by atoms with E-state index < -0.39 is 11.6 Å². The van der Waals surface area contributed by atoms with Gasteiger partial charge in [-0.25, -0.2) is 8.78 Å². The fourth-order valence-corrected chi connectivity index (χ4v) is 2.40. The summed E-state index contributed by atoms with van der Waals surface area (Å²) in [4.78, 5) is 2.10. The van der Waals surface area contributed by atoms with Crippen molar-refractivity contribution in [2.24, 2.45) is 0 Å². The van der Waals surface area contributed by atoms with Crippen molar-refractivity contribution in [1.29, 1.82) is 0 Å². The fourth-order valence-electron chi connectivity index (χ4n) is 2.40. The van der Waals surface area contributed by atoms with Crippen LogP contribution in [0.1, 0.15) is 18.4 Å². The van der Waals surface area contributed by atoms with Crippen molar-refractivity contribution in [3.8, 4) is 0 Å². The second-order valence-corrected chi connectivity index (χ2v) is 4.83. The van der Waals surface area contributed by atoms with Gasteiger partial charge in [-0.3, -0.25) is 4.90 Å². The van der Waals surface area contributed by atoms with Gasteiger partial charge in [0.1, 0.15) is 11.6 Å². The van der Waals surface area contributed by atoms with Gasteiger partial charge >= 0.3 is 0 Å². The first-order chi connectivity index (χ1) is 9.19. The van der Waals surface area contributed by atoms with Crippen LogP contribution < -0.4 is 0 Å². The number of ether oxygens (including phenoxy) is 1. The van der Waals surface area contributed by atoms with Crippen LogP contribution in [0.4, 0.5) is 8.78 Å². The average molecular weight is 271 g/mol. The minimum atomic E-state index is -0.552. The summed E-state index contributed by atoms with van der Waals surface area (Å²) in [5, 5.41) is 8.74. The molecule has 0 spiro atoms. The molecule has 0 amide bonds. The van der Waals surface area contributed by atoms with Crippen LogP contribution in [-0.2, 0) is 11.3 Å². The number of hydrogen-bond acceptors (Lipinski definition) is 3. The van der Waals surface area contributed by atoms with Gasteiger partial charge in [-0.15, -0.1) is 0 Å². The molecule has 0 unspecified atom stereocenters. The van der Waals surface area contributed by atoms with E-state index in [1.807, 2.05) is 0 Å². The Labute approximate surface area is 111 Å². The summed E-state index contributed by atoms with van der Waals surface area (Å²) in [6.45, 7) is 2.42. The molecule has 1 aliphatic rings. The summed E-state index contributed by atoms with van der Waals surface area (Å²) in [5.74, 6) is -1.05. The first-order valence-corrected chi connectivity index (χ1v) is 6.58. The summed E-state index contributed by atoms with van der Waals surface area (Å²) < 4.78 is 31.9. The van der Waals surface area contributed by atoms with E-state index in [4.69, 9.17) is 9.84 Å². The summed E-state index contributed by atoms with van der Waals surface area (Å²) >= 11 is 0. The van der Waals surface area contributed by atoms with Crippen molar-refractivity contribution in [2.45, 2.75) is 25.5 Å². The minimum Gasteiger partial charge on any atom is -0.394 e. The van der Waals surface area contributed by atoms with E-state index in [1.54, 1.807) is 0 Å². The van der Waals surface area contributed by atoms with Crippen molar-refractivity contribution >= 4 is 0 Å². The van der Waals surface area contributed by atoms with Gasteiger partial charge in [-0.05, 0) is 25.5 Å². The van der Waals surface area contributed by atoms with E-state index in [9.17, 15) is 8.78 Å².